The molecule has 2 rings (SSSR count). The number of nitrogens with two attached hydrogens (primary N) is 1. The number of quaternary nitrogens is 1. The summed E-state index contributed by atoms with van der Waals surface area (Å²) in [6.45, 7) is 5.48. The molecule has 1 saturated heterocycles. The van der Waals surface area contributed by atoms with Gasteiger partial charge in [0.15, 0.2) is 6.04 Å². The Kier molecular flexibility index (Phi) is 4.16. The topological polar surface area (TPSA) is 74.8 Å². The minimum absolute atomic E-state index is 0.0539. The molecule has 0 aliphatic carbocycles. The molecule has 1 aromatic rings. The first-order valence-corrected chi connectivity index (χ1v) is 6.54. The van der Waals surface area contributed by atoms with Crippen LogP contribution in [0.15, 0.2) is 18.2 Å². The highest BCUT2D eigenvalue weighted by molar-refractivity contribution is 5.95. The molecule has 0 aromatic heterocycles. The summed E-state index contributed by atoms with van der Waals surface area (Å²) in [5, 5.41) is 7.54. The largest absolute Gasteiger partial charge is 0.345 e. The fourth-order valence-electron chi connectivity index (χ4n) is 2.35. The Hall–Kier alpha value is -1.88. The molecular formula is C14H20N3O2+. The molecule has 1 aromatic carbocycles. The van der Waals surface area contributed by atoms with Crippen molar-refractivity contribution >= 4 is 17.5 Å². The van der Waals surface area contributed by atoms with E-state index in [1.807, 2.05) is 31.3 Å². The van der Waals surface area contributed by atoms with E-state index in [0.29, 0.717) is 6.54 Å². The number of carbonyl (C=O) groups excluding carboxylic acids is 2. The molecule has 0 radical (unpaired) electrons. The van der Waals surface area contributed by atoms with E-state index in [-0.39, 0.29) is 24.3 Å². The molecule has 0 bridgehead atoms. The van der Waals surface area contributed by atoms with E-state index < -0.39 is 0 Å². The van der Waals surface area contributed by atoms with Gasteiger partial charge < -0.3 is 16.0 Å². The van der Waals surface area contributed by atoms with Gasteiger partial charge in [-0.15, -0.1) is 0 Å². The van der Waals surface area contributed by atoms with Gasteiger partial charge in [-0.25, -0.2) is 0 Å². The first-order chi connectivity index (χ1) is 9.04. The van der Waals surface area contributed by atoms with Gasteiger partial charge in [-0.2, -0.15) is 0 Å². The predicted molar refractivity (Wildman–Crippen MR) is 72.8 cm³/mol. The number of hydrogen-bond donors (Lipinski definition) is 3. The highest BCUT2D eigenvalue weighted by Crippen LogP contribution is 2.14. The van der Waals surface area contributed by atoms with Gasteiger partial charge in [-0.3, -0.25) is 9.59 Å². The molecule has 1 fully saturated rings. The van der Waals surface area contributed by atoms with Crippen molar-refractivity contribution in [3.8, 4) is 0 Å². The first kappa shape index (κ1) is 13.5. The van der Waals surface area contributed by atoms with Gasteiger partial charge in [0.25, 0.3) is 5.91 Å². The number of aryl methyl sites for hydroxylation is 2. The second-order valence-corrected chi connectivity index (χ2v) is 5.05. The molecule has 0 spiro atoms. The van der Waals surface area contributed by atoms with Gasteiger partial charge in [0, 0.05) is 5.69 Å². The molecule has 102 valence electrons. The lowest BCUT2D eigenvalue weighted by molar-refractivity contribution is -0.678. The van der Waals surface area contributed by atoms with E-state index in [0.717, 1.165) is 23.4 Å². The van der Waals surface area contributed by atoms with Crippen molar-refractivity contribution in [2.24, 2.45) is 0 Å². The minimum atomic E-state index is -0.306. The summed E-state index contributed by atoms with van der Waals surface area (Å²) < 4.78 is 0. The molecule has 2 amide bonds. The summed E-state index contributed by atoms with van der Waals surface area (Å²) in [4.78, 5) is 23.5. The van der Waals surface area contributed by atoms with Crippen LogP contribution in [0.5, 0.6) is 0 Å². The summed E-state index contributed by atoms with van der Waals surface area (Å²) in [6.07, 6.45) is 0.207. The lowest BCUT2D eigenvalue weighted by atomic mass is 10.1. The minimum Gasteiger partial charge on any atom is -0.345 e. The lowest BCUT2D eigenvalue weighted by Gasteiger charge is -2.19. The second kappa shape index (κ2) is 5.84. The van der Waals surface area contributed by atoms with Crippen LogP contribution in [0, 0.1) is 13.8 Å². The molecule has 1 heterocycles. The monoisotopic (exact) mass is 262 g/mol. The van der Waals surface area contributed by atoms with Crippen molar-refractivity contribution in [2.75, 3.05) is 18.4 Å². The quantitative estimate of drug-likeness (QED) is 0.699. The smallest absolute Gasteiger partial charge is 0.278 e. The van der Waals surface area contributed by atoms with Crippen molar-refractivity contribution in [1.29, 1.82) is 0 Å². The number of nitrogens with one attached hydrogen (secondary N) is 2. The highest BCUT2D eigenvalue weighted by Gasteiger charge is 2.27. The molecule has 0 saturated carbocycles. The molecule has 4 N–H and O–H groups in total. The molecule has 19 heavy (non-hydrogen) atoms. The van der Waals surface area contributed by atoms with Crippen LogP contribution in [0.3, 0.4) is 0 Å². The number of hydrogen-bond acceptors (Lipinski definition) is 2. The third-order valence-electron chi connectivity index (χ3n) is 3.14. The van der Waals surface area contributed by atoms with Crippen molar-refractivity contribution in [3.05, 3.63) is 29.3 Å². The van der Waals surface area contributed by atoms with Gasteiger partial charge in [0.1, 0.15) is 0 Å². The Bertz CT molecular complexity index is 479. The Morgan fingerprint density at radius 3 is 2.68 bits per heavy atom. The summed E-state index contributed by atoms with van der Waals surface area (Å²) in [5.41, 5.74) is 3.01. The maximum atomic E-state index is 11.9. The molecule has 1 aliphatic rings. The molecule has 5 nitrogen and oxygen atoms in total. The molecule has 1 atom stereocenters. The van der Waals surface area contributed by atoms with Gasteiger partial charge >= 0.3 is 0 Å². The van der Waals surface area contributed by atoms with E-state index in [9.17, 15) is 9.59 Å². The Morgan fingerprint density at radius 2 is 2.05 bits per heavy atom. The second-order valence-electron chi connectivity index (χ2n) is 5.05. The molecule has 5 heteroatoms. The Balaban J connectivity index is 1.95. The zero-order chi connectivity index (χ0) is 13.8. The van der Waals surface area contributed by atoms with E-state index in [1.165, 1.54) is 0 Å². The number of anilines is 1. The highest BCUT2D eigenvalue weighted by atomic mass is 16.2. The number of carbonyl (C=O) groups is 2. The average molecular weight is 262 g/mol. The number of piperazine rings is 1. The fraction of sp³-hybridized carbons (Fsp3) is 0.429. The van der Waals surface area contributed by atoms with Crippen LogP contribution in [0.2, 0.25) is 0 Å². The third kappa shape index (κ3) is 3.79. The maximum absolute atomic E-state index is 11.9. The third-order valence-corrected chi connectivity index (χ3v) is 3.14. The number of benzene rings is 1. The first-order valence-electron chi connectivity index (χ1n) is 6.54. The summed E-state index contributed by atoms with van der Waals surface area (Å²) in [7, 11) is 0. The molecule has 0 unspecified atom stereocenters. The molecule has 1 aliphatic heterocycles. The van der Waals surface area contributed by atoms with E-state index in [1.54, 1.807) is 0 Å². The van der Waals surface area contributed by atoms with Crippen LogP contribution < -0.4 is 16.0 Å². The summed E-state index contributed by atoms with van der Waals surface area (Å²) in [5.74, 6) is -0.176. The standard InChI is InChI=1S/C14H19N3O2/c1-9-5-10(2)7-11(6-9)17-13(18)8-12-14(19)16-4-3-15-12/h5-7,12,15H,3-4,8H2,1-2H3,(H,16,19)(H,17,18)/p+1/t12-/m1/s1. The molecular weight excluding hydrogens is 242 g/mol. The van der Waals surface area contributed by atoms with Gasteiger partial charge in [0.2, 0.25) is 5.91 Å². The maximum Gasteiger partial charge on any atom is 0.278 e. The van der Waals surface area contributed by atoms with Crippen molar-refractivity contribution in [2.45, 2.75) is 26.3 Å². The lowest BCUT2D eigenvalue weighted by Crippen LogP contribution is -2.96. The van der Waals surface area contributed by atoms with Crippen LogP contribution >= 0.6 is 0 Å². The fourth-order valence-corrected chi connectivity index (χ4v) is 2.35. The zero-order valence-corrected chi connectivity index (χ0v) is 11.3. The van der Waals surface area contributed by atoms with Crippen LogP contribution in [0.1, 0.15) is 17.5 Å². The SMILES string of the molecule is Cc1cc(C)cc(NC(=O)C[C@H]2[NH2+]CCNC2=O)c1. The van der Waals surface area contributed by atoms with Crippen molar-refractivity contribution in [3.63, 3.8) is 0 Å². The zero-order valence-electron chi connectivity index (χ0n) is 11.3. The van der Waals surface area contributed by atoms with Gasteiger partial charge in [-0.1, -0.05) is 6.07 Å². The van der Waals surface area contributed by atoms with Crippen molar-refractivity contribution in [1.82, 2.24) is 5.32 Å². The van der Waals surface area contributed by atoms with Crippen LogP contribution in [-0.2, 0) is 9.59 Å². The van der Waals surface area contributed by atoms with E-state index in [2.05, 4.69) is 16.7 Å². The normalized spacial score (nSPS) is 18.8. The number of amides is 2. The van der Waals surface area contributed by atoms with Crippen LogP contribution in [-0.4, -0.2) is 30.9 Å². The summed E-state index contributed by atoms with van der Waals surface area (Å²) in [6, 6.07) is 5.60. The van der Waals surface area contributed by atoms with Crippen LogP contribution in [0.25, 0.3) is 0 Å². The van der Waals surface area contributed by atoms with Crippen LogP contribution in [0.4, 0.5) is 5.69 Å². The summed E-state index contributed by atoms with van der Waals surface area (Å²) >= 11 is 0. The Morgan fingerprint density at radius 1 is 1.37 bits per heavy atom. The number of rotatable bonds is 3. The van der Waals surface area contributed by atoms with E-state index >= 15 is 0 Å². The predicted octanol–water partition coefficient (Wildman–Crippen LogP) is -0.306. The average Bonchev–Trinajstić information content (AvgIpc) is 2.30. The van der Waals surface area contributed by atoms with Gasteiger partial charge in [-0.05, 0) is 37.1 Å². The Labute approximate surface area is 112 Å². The van der Waals surface area contributed by atoms with Crippen molar-refractivity contribution < 1.29 is 14.9 Å². The van der Waals surface area contributed by atoms with Gasteiger partial charge in [0.05, 0.1) is 19.5 Å². The van der Waals surface area contributed by atoms with E-state index in [4.69, 9.17) is 0 Å².